The molecule has 29 heavy (non-hydrogen) atoms. The largest absolute Gasteiger partial charge is 0.342 e. The van der Waals surface area contributed by atoms with Crippen LogP contribution in [0.1, 0.15) is 24.8 Å². The van der Waals surface area contributed by atoms with Crippen molar-refractivity contribution < 1.29 is 14.4 Å². The summed E-state index contributed by atoms with van der Waals surface area (Å²) < 4.78 is 0. The Morgan fingerprint density at radius 1 is 1.00 bits per heavy atom. The normalized spacial score (nSPS) is 19.1. The van der Waals surface area contributed by atoms with E-state index in [1.54, 1.807) is 9.80 Å². The number of carbonyl (C=O) groups is 3. The Labute approximate surface area is 170 Å². The van der Waals surface area contributed by atoms with Crippen LogP contribution >= 0.6 is 0 Å². The van der Waals surface area contributed by atoms with E-state index >= 15 is 0 Å². The van der Waals surface area contributed by atoms with Crippen LogP contribution in [0.3, 0.4) is 0 Å². The molecule has 1 N–H and O–H groups in total. The molecule has 0 saturated carbocycles. The Morgan fingerprint density at radius 3 is 2.52 bits per heavy atom. The van der Waals surface area contributed by atoms with Crippen molar-refractivity contribution in [2.45, 2.75) is 25.7 Å². The molecule has 1 unspecified atom stereocenters. The van der Waals surface area contributed by atoms with Crippen LogP contribution in [0, 0.1) is 5.92 Å². The van der Waals surface area contributed by atoms with Gasteiger partial charge in [-0.2, -0.15) is 0 Å². The fraction of sp³-hybridized carbons (Fsp3) is 0.348. The molecular weight excluding hydrogens is 366 g/mol. The van der Waals surface area contributed by atoms with Crippen LogP contribution in [-0.2, 0) is 20.8 Å². The van der Waals surface area contributed by atoms with Crippen LogP contribution in [0.2, 0.25) is 0 Å². The summed E-state index contributed by atoms with van der Waals surface area (Å²) in [5.74, 6) is -0.445. The number of hydrogen-bond acceptors (Lipinski definition) is 3. The van der Waals surface area contributed by atoms with E-state index in [-0.39, 0.29) is 30.1 Å². The molecule has 0 bridgehead atoms. The zero-order valence-corrected chi connectivity index (χ0v) is 16.3. The fourth-order valence-corrected chi connectivity index (χ4v) is 4.02. The Bertz CT molecular complexity index is 913. The van der Waals surface area contributed by atoms with Gasteiger partial charge in [0.05, 0.1) is 17.3 Å². The maximum absolute atomic E-state index is 12.8. The lowest BCUT2D eigenvalue weighted by molar-refractivity contribution is -0.128. The molecule has 6 heteroatoms. The first-order valence-electron chi connectivity index (χ1n) is 10.1. The highest BCUT2D eigenvalue weighted by atomic mass is 16.2. The van der Waals surface area contributed by atoms with Crippen LogP contribution in [0.4, 0.5) is 11.4 Å². The number of hydrogen-bond donors (Lipinski definition) is 1. The summed E-state index contributed by atoms with van der Waals surface area (Å²) in [4.78, 5) is 40.8. The molecule has 2 aromatic rings. The van der Waals surface area contributed by atoms with Crippen LogP contribution in [0.5, 0.6) is 0 Å². The minimum absolute atomic E-state index is 0.0177. The molecular formula is C23H25N3O3. The molecule has 0 radical (unpaired) electrons. The van der Waals surface area contributed by atoms with E-state index in [1.165, 1.54) is 5.56 Å². The molecule has 2 fully saturated rings. The number of amides is 3. The van der Waals surface area contributed by atoms with Gasteiger partial charge in [0.25, 0.3) is 0 Å². The maximum Gasteiger partial charge on any atom is 0.229 e. The van der Waals surface area contributed by atoms with Crippen molar-refractivity contribution >= 4 is 29.1 Å². The van der Waals surface area contributed by atoms with Gasteiger partial charge in [-0.05, 0) is 30.5 Å². The topological polar surface area (TPSA) is 69.7 Å². The number of para-hydroxylation sites is 2. The number of benzene rings is 2. The number of carbonyl (C=O) groups excluding carboxylic acids is 3. The molecule has 2 heterocycles. The fourth-order valence-electron chi connectivity index (χ4n) is 4.02. The highest BCUT2D eigenvalue weighted by Crippen LogP contribution is 2.30. The molecule has 2 aliphatic rings. The van der Waals surface area contributed by atoms with Gasteiger partial charge in [-0.25, -0.2) is 0 Å². The quantitative estimate of drug-likeness (QED) is 0.823. The Balaban J connectivity index is 1.38. The molecule has 0 aliphatic carbocycles. The maximum atomic E-state index is 12.8. The molecule has 4 rings (SSSR count). The van der Waals surface area contributed by atoms with Crippen LogP contribution < -0.4 is 10.2 Å². The van der Waals surface area contributed by atoms with Crippen LogP contribution in [-0.4, -0.2) is 42.3 Å². The van der Waals surface area contributed by atoms with E-state index in [0.29, 0.717) is 31.7 Å². The van der Waals surface area contributed by atoms with Gasteiger partial charge < -0.3 is 15.1 Å². The second kappa shape index (κ2) is 8.47. The summed E-state index contributed by atoms with van der Waals surface area (Å²) in [5.41, 5.74) is 2.54. The lowest BCUT2D eigenvalue weighted by Gasteiger charge is -2.21. The highest BCUT2D eigenvalue weighted by molar-refractivity contribution is 6.03. The van der Waals surface area contributed by atoms with Gasteiger partial charge in [0, 0.05) is 32.5 Å². The summed E-state index contributed by atoms with van der Waals surface area (Å²) in [5, 5.41) is 2.95. The molecule has 150 valence electrons. The van der Waals surface area contributed by atoms with Gasteiger partial charge in [0.2, 0.25) is 17.7 Å². The molecule has 0 spiro atoms. The molecule has 3 amide bonds. The third kappa shape index (κ3) is 4.31. The number of likely N-dealkylation sites (tertiary alicyclic amines) is 1. The molecule has 1 atom stereocenters. The molecule has 2 aliphatic heterocycles. The van der Waals surface area contributed by atoms with Crippen molar-refractivity contribution in [3.8, 4) is 0 Å². The lowest BCUT2D eigenvalue weighted by Crippen LogP contribution is -2.30. The number of rotatable bonds is 6. The summed E-state index contributed by atoms with van der Waals surface area (Å²) in [6.07, 6.45) is 2.37. The first-order valence-corrected chi connectivity index (χ1v) is 10.1. The third-order valence-electron chi connectivity index (χ3n) is 5.62. The SMILES string of the molecule is O=C(Nc1ccccc1N1CCCC1=O)C1CC(=O)N(CCc2ccccc2)C1. The van der Waals surface area contributed by atoms with Gasteiger partial charge in [-0.1, -0.05) is 42.5 Å². The Hall–Kier alpha value is -3.15. The number of anilines is 2. The first kappa shape index (κ1) is 19.2. The lowest BCUT2D eigenvalue weighted by atomic mass is 10.1. The summed E-state index contributed by atoms with van der Waals surface area (Å²) in [6, 6.07) is 17.4. The smallest absolute Gasteiger partial charge is 0.229 e. The van der Waals surface area contributed by atoms with Gasteiger partial charge >= 0.3 is 0 Å². The summed E-state index contributed by atoms with van der Waals surface area (Å²) >= 11 is 0. The Kier molecular flexibility index (Phi) is 5.60. The first-order chi connectivity index (χ1) is 14.1. The molecule has 6 nitrogen and oxygen atoms in total. The van der Waals surface area contributed by atoms with Gasteiger partial charge in [-0.15, -0.1) is 0 Å². The predicted molar refractivity (Wildman–Crippen MR) is 111 cm³/mol. The van der Waals surface area contributed by atoms with E-state index in [9.17, 15) is 14.4 Å². The zero-order chi connectivity index (χ0) is 20.2. The van der Waals surface area contributed by atoms with Crippen LogP contribution in [0.25, 0.3) is 0 Å². The zero-order valence-electron chi connectivity index (χ0n) is 16.3. The van der Waals surface area contributed by atoms with Crippen molar-refractivity contribution in [1.29, 1.82) is 0 Å². The van der Waals surface area contributed by atoms with Gasteiger partial charge in [0.1, 0.15) is 0 Å². The average Bonchev–Trinajstić information content (AvgIpc) is 3.33. The van der Waals surface area contributed by atoms with Crippen LogP contribution in [0.15, 0.2) is 54.6 Å². The van der Waals surface area contributed by atoms with E-state index in [0.717, 1.165) is 18.5 Å². The van der Waals surface area contributed by atoms with Gasteiger partial charge in [0.15, 0.2) is 0 Å². The minimum Gasteiger partial charge on any atom is -0.342 e. The average molecular weight is 391 g/mol. The molecule has 2 saturated heterocycles. The van der Waals surface area contributed by atoms with Gasteiger partial charge in [-0.3, -0.25) is 14.4 Å². The monoisotopic (exact) mass is 391 g/mol. The summed E-state index contributed by atoms with van der Waals surface area (Å²) in [7, 11) is 0. The molecule has 0 aromatic heterocycles. The third-order valence-corrected chi connectivity index (χ3v) is 5.62. The number of nitrogens with one attached hydrogen (secondary N) is 1. The van der Waals surface area contributed by atoms with Crippen molar-refractivity contribution in [2.24, 2.45) is 5.92 Å². The number of nitrogens with zero attached hydrogens (tertiary/aromatic N) is 2. The second-order valence-electron chi connectivity index (χ2n) is 7.63. The standard InChI is InChI=1S/C23H25N3O3/c27-21-11-6-13-26(21)20-10-5-4-9-19(20)24-23(29)18-15-22(28)25(16-18)14-12-17-7-2-1-3-8-17/h1-5,7-10,18H,6,11-16H2,(H,24,29). The molecule has 2 aromatic carbocycles. The Morgan fingerprint density at radius 2 is 1.76 bits per heavy atom. The predicted octanol–water partition coefficient (Wildman–Crippen LogP) is 2.84. The van der Waals surface area contributed by atoms with E-state index in [4.69, 9.17) is 0 Å². The van der Waals surface area contributed by atoms with Crippen molar-refractivity contribution in [1.82, 2.24) is 4.90 Å². The van der Waals surface area contributed by atoms with E-state index < -0.39 is 0 Å². The van der Waals surface area contributed by atoms with E-state index in [2.05, 4.69) is 5.32 Å². The minimum atomic E-state index is -0.374. The summed E-state index contributed by atoms with van der Waals surface area (Å²) in [6.45, 7) is 1.72. The highest BCUT2D eigenvalue weighted by Gasteiger charge is 2.34. The second-order valence-corrected chi connectivity index (χ2v) is 7.63. The van der Waals surface area contributed by atoms with Crippen molar-refractivity contribution in [3.05, 3.63) is 60.2 Å². The van der Waals surface area contributed by atoms with E-state index in [1.807, 2.05) is 54.6 Å². The van der Waals surface area contributed by atoms with Crippen molar-refractivity contribution in [2.75, 3.05) is 29.9 Å². The van der Waals surface area contributed by atoms with Crippen molar-refractivity contribution in [3.63, 3.8) is 0 Å².